The molecule has 3 aliphatic carbocycles. The molecule has 0 heterocycles. The molecule has 178 valence electrons. The van der Waals surface area contributed by atoms with E-state index in [-0.39, 0.29) is 0 Å². The molecule has 0 aromatic rings. The van der Waals surface area contributed by atoms with E-state index in [1.54, 1.807) is 0 Å². The SMILES string of the molecule is CC1=C(/C=C/C2CCCC3(C)C2CC[C@@H]3C(C)CC[C@@](C)(O)C(C)C)C[C@@H](O)C[C@@H]1O. The third-order valence-electron chi connectivity index (χ3n) is 9.79. The average molecular weight is 433 g/mol. The number of allylic oxidation sites excluding steroid dienone is 2. The Morgan fingerprint density at radius 3 is 2.55 bits per heavy atom. The lowest BCUT2D eigenvalue weighted by Gasteiger charge is -2.46. The van der Waals surface area contributed by atoms with Crippen molar-refractivity contribution in [1.82, 2.24) is 0 Å². The molecule has 3 nitrogen and oxygen atoms in total. The van der Waals surface area contributed by atoms with Gasteiger partial charge in [0.15, 0.2) is 0 Å². The molecule has 3 rings (SSSR count). The van der Waals surface area contributed by atoms with Crippen molar-refractivity contribution in [3.63, 3.8) is 0 Å². The number of aliphatic hydroxyl groups is 3. The fourth-order valence-electron chi connectivity index (χ4n) is 7.05. The predicted molar refractivity (Wildman–Crippen MR) is 129 cm³/mol. The first-order valence-corrected chi connectivity index (χ1v) is 12.9. The van der Waals surface area contributed by atoms with Crippen LogP contribution in [0.1, 0.15) is 99.3 Å². The van der Waals surface area contributed by atoms with E-state index >= 15 is 0 Å². The van der Waals surface area contributed by atoms with E-state index in [9.17, 15) is 15.3 Å². The maximum Gasteiger partial charge on any atom is 0.0777 e. The summed E-state index contributed by atoms with van der Waals surface area (Å²) in [6.07, 6.45) is 13.4. The summed E-state index contributed by atoms with van der Waals surface area (Å²) in [4.78, 5) is 0. The van der Waals surface area contributed by atoms with Crippen LogP contribution in [0.3, 0.4) is 0 Å². The van der Waals surface area contributed by atoms with Gasteiger partial charge in [-0.3, -0.25) is 0 Å². The summed E-state index contributed by atoms with van der Waals surface area (Å²) < 4.78 is 0. The van der Waals surface area contributed by atoms with Gasteiger partial charge in [0.2, 0.25) is 0 Å². The lowest BCUT2D eigenvalue weighted by Crippen LogP contribution is -2.39. The zero-order valence-corrected chi connectivity index (χ0v) is 20.9. The molecule has 0 bridgehead atoms. The van der Waals surface area contributed by atoms with Crippen LogP contribution in [0.5, 0.6) is 0 Å². The molecule has 0 aromatic heterocycles. The number of rotatable bonds is 7. The Kier molecular flexibility index (Phi) is 7.81. The molecule has 0 amide bonds. The standard InChI is InChI=1S/C28H48O3/c1-18(2)28(6,31)15-13-19(3)24-11-12-25-21(8-7-14-27(24,25)5)9-10-22-16-23(29)17-26(30)20(22)4/h9-10,18-19,21,23-26,29-31H,7-8,11-17H2,1-6H3/b10-9+/t19?,21?,23-,24-,25?,26+,27?,28-/m1/s1. The van der Waals surface area contributed by atoms with Crippen LogP contribution in [0, 0.1) is 35.0 Å². The normalized spacial score (nSPS) is 39.7. The quantitative estimate of drug-likeness (QED) is 0.460. The van der Waals surface area contributed by atoms with Gasteiger partial charge < -0.3 is 15.3 Å². The first kappa shape index (κ1) is 25.0. The molecule has 2 fully saturated rings. The minimum absolute atomic E-state index is 0.297. The van der Waals surface area contributed by atoms with Gasteiger partial charge in [-0.2, -0.15) is 0 Å². The maximum absolute atomic E-state index is 10.7. The van der Waals surface area contributed by atoms with E-state index in [0.717, 1.165) is 35.8 Å². The van der Waals surface area contributed by atoms with E-state index in [4.69, 9.17) is 0 Å². The van der Waals surface area contributed by atoms with Crippen LogP contribution >= 0.6 is 0 Å². The van der Waals surface area contributed by atoms with Gasteiger partial charge in [-0.15, -0.1) is 0 Å². The van der Waals surface area contributed by atoms with E-state index in [0.29, 0.717) is 36.0 Å². The molecule has 3 heteroatoms. The Labute approximate surface area is 191 Å². The topological polar surface area (TPSA) is 60.7 Å². The van der Waals surface area contributed by atoms with E-state index in [1.807, 2.05) is 13.8 Å². The van der Waals surface area contributed by atoms with Crippen molar-refractivity contribution in [2.24, 2.45) is 35.0 Å². The largest absolute Gasteiger partial charge is 0.393 e. The van der Waals surface area contributed by atoms with Gasteiger partial charge in [0.05, 0.1) is 17.8 Å². The second kappa shape index (κ2) is 9.69. The summed E-state index contributed by atoms with van der Waals surface area (Å²) in [6.45, 7) is 13.2. The van der Waals surface area contributed by atoms with Crippen molar-refractivity contribution in [2.75, 3.05) is 0 Å². The fourth-order valence-corrected chi connectivity index (χ4v) is 7.05. The Morgan fingerprint density at radius 1 is 1.16 bits per heavy atom. The summed E-state index contributed by atoms with van der Waals surface area (Å²) in [5.41, 5.74) is 2.00. The zero-order chi connectivity index (χ0) is 23.0. The molecule has 0 radical (unpaired) electrons. The van der Waals surface area contributed by atoms with Crippen molar-refractivity contribution < 1.29 is 15.3 Å². The molecule has 0 spiro atoms. The summed E-state index contributed by atoms with van der Waals surface area (Å²) >= 11 is 0. The second-order valence-corrected chi connectivity index (χ2v) is 12.1. The third-order valence-corrected chi connectivity index (χ3v) is 9.79. The smallest absolute Gasteiger partial charge is 0.0777 e. The van der Waals surface area contributed by atoms with Crippen LogP contribution in [0.25, 0.3) is 0 Å². The molecule has 0 aliphatic heterocycles. The molecule has 0 aromatic carbocycles. The molecular formula is C28H48O3. The second-order valence-electron chi connectivity index (χ2n) is 12.1. The lowest BCUT2D eigenvalue weighted by molar-refractivity contribution is -0.00988. The van der Waals surface area contributed by atoms with Crippen molar-refractivity contribution in [1.29, 1.82) is 0 Å². The summed E-state index contributed by atoms with van der Waals surface area (Å²) in [5.74, 6) is 3.03. The number of hydrogen-bond acceptors (Lipinski definition) is 3. The molecule has 4 unspecified atom stereocenters. The predicted octanol–water partition coefficient (Wildman–Crippen LogP) is 6.03. The highest BCUT2D eigenvalue weighted by atomic mass is 16.3. The molecule has 2 saturated carbocycles. The van der Waals surface area contributed by atoms with Gasteiger partial charge in [0, 0.05) is 6.42 Å². The Hall–Kier alpha value is -0.640. The zero-order valence-electron chi connectivity index (χ0n) is 20.9. The van der Waals surface area contributed by atoms with Crippen molar-refractivity contribution >= 4 is 0 Å². The Morgan fingerprint density at radius 2 is 1.87 bits per heavy atom. The molecule has 3 aliphatic rings. The van der Waals surface area contributed by atoms with Gasteiger partial charge in [0.1, 0.15) is 0 Å². The van der Waals surface area contributed by atoms with Crippen molar-refractivity contribution in [2.45, 2.75) is 117 Å². The summed E-state index contributed by atoms with van der Waals surface area (Å²) in [6, 6.07) is 0. The Balaban J connectivity index is 1.69. The lowest BCUT2D eigenvalue weighted by atomic mass is 9.59. The van der Waals surface area contributed by atoms with Crippen LogP contribution in [-0.4, -0.2) is 33.1 Å². The third kappa shape index (κ3) is 5.31. The highest BCUT2D eigenvalue weighted by molar-refractivity contribution is 5.31. The van der Waals surface area contributed by atoms with Crippen LogP contribution in [0.4, 0.5) is 0 Å². The number of aliphatic hydroxyl groups excluding tert-OH is 2. The monoisotopic (exact) mass is 432 g/mol. The van der Waals surface area contributed by atoms with Gasteiger partial charge in [-0.05, 0) is 105 Å². The van der Waals surface area contributed by atoms with Crippen molar-refractivity contribution in [3.8, 4) is 0 Å². The maximum atomic E-state index is 10.7. The first-order valence-electron chi connectivity index (χ1n) is 12.9. The number of hydrogen-bond donors (Lipinski definition) is 3. The summed E-state index contributed by atoms with van der Waals surface area (Å²) in [7, 11) is 0. The highest BCUT2D eigenvalue weighted by Crippen LogP contribution is 2.60. The average Bonchev–Trinajstić information content (AvgIpc) is 3.05. The molecular weight excluding hydrogens is 384 g/mol. The van der Waals surface area contributed by atoms with Crippen LogP contribution in [0.2, 0.25) is 0 Å². The van der Waals surface area contributed by atoms with Crippen molar-refractivity contribution in [3.05, 3.63) is 23.3 Å². The van der Waals surface area contributed by atoms with Gasteiger partial charge in [-0.1, -0.05) is 46.3 Å². The van der Waals surface area contributed by atoms with Gasteiger partial charge in [-0.25, -0.2) is 0 Å². The Bertz CT molecular complexity index is 676. The van der Waals surface area contributed by atoms with Crippen LogP contribution in [-0.2, 0) is 0 Å². The first-order chi connectivity index (χ1) is 14.5. The minimum atomic E-state index is -0.564. The van der Waals surface area contributed by atoms with Gasteiger partial charge in [0.25, 0.3) is 0 Å². The molecule has 0 saturated heterocycles. The van der Waals surface area contributed by atoms with Gasteiger partial charge >= 0.3 is 0 Å². The molecule has 3 N–H and O–H groups in total. The molecule has 8 atom stereocenters. The fraction of sp³-hybridized carbons (Fsp3) is 0.857. The summed E-state index contributed by atoms with van der Waals surface area (Å²) in [5, 5.41) is 31.0. The van der Waals surface area contributed by atoms with E-state index in [2.05, 4.69) is 39.8 Å². The number of fused-ring (bicyclic) bond motifs is 1. The van der Waals surface area contributed by atoms with E-state index in [1.165, 1.54) is 32.1 Å². The van der Waals surface area contributed by atoms with Crippen LogP contribution in [0.15, 0.2) is 23.3 Å². The highest BCUT2D eigenvalue weighted by Gasteiger charge is 2.51. The van der Waals surface area contributed by atoms with E-state index < -0.39 is 17.8 Å². The minimum Gasteiger partial charge on any atom is -0.393 e. The molecule has 31 heavy (non-hydrogen) atoms. The van der Waals surface area contributed by atoms with Crippen LogP contribution < -0.4 is 0 Å².